The molecule has 7 nitrogen and oxygen atoms in total. The van der Waals surface area contributed by atoms with Crippen LogP contribution in [0.15, 0.2) is 59.5 Å². The smallest absolute Gasteiger partial charge is 0.242 e. The number of sulfonamides is 1. The summed E-state index contributed by atoms with van der Waals surface area (Å²) in [4.78, 5) is 27.7. The third-order valence-electron chi connectivity index (χ3n) is 5.25. The van der Waals surface area contributed by atoms with Crippen LogP contribution in [0.2, 0.25) is 5.02 Å². The van der Waals surface area contributed by atoms with Crippen molar-refractivity contribution in [3.8, 4) is 0 Å². The second kappa shape index (κ2) is 11.8. The standard InChI is InChI=1S/C25H34ClN3O4S/c1-19(24(31)27-25(2,3)4)29(18-20-13-15-21(26)16-14-20)23(30)12-9-17-28(5)34(32,33)22-10-7-6-8-11-22/h6-8,10-11,13-16,19H,9,12,17-18H2,1-5H3,(H,27,31)/t19-/m0/s1. The SMILES string of the molecule is C[C@@H](C(=O)NC(C)(C)C)N(Cc1ccc(Cl)cc1)C(=O)CCCN(C)S(=O)(=O)c1ccccc1. The zero-order valence-corrected chi connectivity index (χ0v) is 22.0. The Balaban J connectivity index is 2.09. The first-order chi connectivity index (χ1) is 15.8. The zero-order valence-electron chi connectivity index (χ0n) is 20.4. The molecule has 0 aliphatic heterocycles. The Morgan fingerprint density at radius 2 is 1.62 bits per heavy atom. The van der Waals surface area contributed by atoms with Gasteiger partial charge in [-0.1, -0.05) is 41.9 Å². The van der Waals surface area contributed by atoms with Gasteiger partial charge in [-0.25, -0.2) is 12.7 Å². The van der Waals surface area contributed by atoms with Crippen molar-refractivity contribution in [2.24, 2.45) is 0 Å². The van der Waals surface area contributed by atoms with Gasteiger partial charge in [0.05, 0.1) is 4.90 Å². The van der Waals surface area contributed by atoms with Gasteiger partial charge in [0.2, 0.25) is 21.8 Å². The number of hydrogen-bond acceptors (Lipinski definition) is 4. The molecular formula is C25H34ClN3O4S. The fourth-order valence-corrected chi connectivity index (χ4v) is 4.69. The normalized spacial score (nSPS) is 12.9. The van der Waals surface area contributed by atoms with Gasteiger partial charge in [-0.05, 0) is 63.9 Å². The minimum absolute atomic E-state index is 0.107. The summed E-state index contributed by atoms with van der Waals surface area (Å²) >= 11 is 5.98. The van der Waals surface area contributed by atoms with Gasteiger partial charge in [0, 0.05) is 37.1 Å². The molecule has 1 atom stereocenters. The van der Waals surface area contributed by atoms with Gasteiger partial charge >= 0.3 is 0 Å². The van der Waals surface area contributed by atoms with Crippen LogP contribution in [-0.2, 0) is 26.2 Å². The maximum atomic E-state index is 13.2. The number of rotatable bonds is 10. The molecule has 0 heterocycles. The largest absolute Gasteiger partial charge is 0.350 e. The first kappa shape index (κ1) is 27.8. The van der Waals surface area contributed by atoms with Crippen LogP contribution < -0.4 is 5.32 Å². The lowest BCUT2D eigenvalue weighted by Crippen LogP contribution is -2.52. The molecule has 2 aromatic carbocycles. The van der Waals surface area contributed by atoms with Crippen molar-refractivity contribution < 1.29 is 18.0 Å². The van der Waals surface area contributed by atoms with E-state index in [1.54, 1.807) is 49.4 Å². The molecule has 0 aromatic heterocycles. The summed E-state index contributed by atoms with van der Waals surface area (Å²) in [6, 6.07) is 14.6. The van der Waals surface area contributed by atoms with Crippen molar-refractivity contribution in [3.63, 3.8) is 0 Å². The molecule has 2 rings (SSSR count). The fourth-order valence-electron chi connectivity index (χ4n) is 3.33. The van der Waals surface area contributed by atoms with Gasteiger partial charge in [-0.2, -0.15) is 0 Å². The van der Waals surface area contributed by atoms with Crippen LogP contribution in [0.5, 0.6) is 0 Å². The zero-order chi connectivity index (χ0) is 25.5. The lowest BCUT2D eigenvalue weighted by Gasteiger charge is -2.31. The van der Waals surface area contributed by atoms with Gasteiger partial charge in [0.1, 0.15) is 6.04 Å². The molecule has 0 aliphatic rings. The molecule has 186 valence electrons. The van der Waals surface area contributed by atoms with Crippen molar-refractivity contribution in [3.05, 3.63) is 65.2 Å². The van der Waals surface area contributed by atoms with Crippen LogP contribution in [0.3, 0.4) is 0 Å². The number of carbonyl (C=O) groups is 2. The van der Waals surface area contributed by atoms with Crippen molar-refractivity contribution in [2.45, 2.75) is 63.6 Å². The minimum Gasteiger partial charge on any atom is -0.350 e. The van der Waals surface area contributed by atoms with Crippen molar-refractivity contribution in [1.82, 2.24) is 14.5 Å². The van der Waals surface area contributed by atoms with E-state index in [0.717, 1.165) is 5.56 Å². The highest BCUT2D eigenvalue weighted by Gasteiger charge is 2.28. The van der Waals surface area contributed by atoms with Gasteiger partial charge in [-0.3, -0.25) is 9.59 Å². The van der Waals surface area contributed by atoms with E-state index in [4.69, 9.17) is 11.6 Å². The molecule has 1 N–H and O–H groups in total. The molecule has 9 heteroatoms. The maximum absolute atomic E-state index is 13.2. The molecular weight excluding hydrogens is 474 g/mol. The van der Waals surface area contributed by atoms with E-state index in [1.165, 1.54) is 16.3 Å². The molecule has 0 unspecified atom stereocenters. The molecule has 2 amide bonds. The summed E-state index contributed by atoms with van der Waals surface area (Å²) in [5, 5.41) is 3.51. The van der Waals surface area contributed by atoms with E-state index >= 15 is 0 Å². The average Bonchev–Trinajstić information content (AvgIpc) is 2.77. The molecule has 0 saturated carbocycles. The summed E-state index contributed by atoms with van der Waals surface area (Å²) in [7, 11) is -2.13. The molecule has 0 aliphatic carbocycles. The molecule has 0 spiro atoms. The van der Waals surface area contributed by atoms with Crippen LogP contribution in [0.1, 0.15) is 46.1 Å². The summed E-state index contributed by atoms with van der Waals surface area (Å²) in [6.45, 7) is 7.76. The summed E-state index contributed by atoms with van der Waals surface area (Å²) < 4.78 is 26.7. The van der Waals surface area contributed by atoms with Gasteiger partial charge < -0.3 is 10.2 Å². The summed E-state index contributed by atoms with van der Waals surface area (Å²) in [5.74, 6) is -0.476. The Bertz CT molecular complexity index is 1070. The predicted octanol–water partition coefficient (Wildman–Crippen LogP) is 4.07. The summed E-state index contributed by atoms with van der Waals surface area (Å²) in [6.07, 6.45) is 0.432. The molecule has 0 bridgehead atoms. The molecule has 2 aromatic rings. The Hall–Kier alpha value is -2.42. The highest BCUT2D eigenvalue weighted by Crippen LogP contribution is 2.17. The highest BCUT2D eigenvalue weighted by atomic mass is 35.5. The van der Waals surface area contributed by atoms with Crippen LogP contribution >= 0.6 is 11.6 Å². The molecule has 34 heavy (non-hydrogen) atoms. The summed E-state index contributed by atoms with van der Waals surface area (Å²) in [5.41, 5.74) is 0.409. The number of nitrogens with one attached hydrogen (secondary N) is 1. The number of nitrogens with zero attached hydrogens (tertiary/aromatic N) is 2. The van der Waals surface area contributed by atoms with Crippen molar-refractivity contribution in [2.75, 3.05) is 13.6 Å². The van der Waals surface area contributed by atoms with E-state index < -0.39 is 21.6 Å². The third kappa shape index (κ3) is 8.11. The quantitative estimate of drug-likeness (QED) is 0.525. The third-order valence-corrected chi connectivity index (χ3v) is 7.37. The Morgan fingerprint density at radius 3 is 2.18 bits per heavy atom. The predicted molar refractivity (Wildman–Crippen MR) is 135 cm³/mol. The highest BCUT2D eigenvalue weighted by molar-refractivity contribution is 7.89. The second-order valence-corrected chi connectivity index (χ2v) is 11.8. The number of halogens is 1. The van der Waals surface area contributed by atoms with Crippen molar-refractivity contribution in [1.29, 1.82) is 0 Å². The first-order valence-electron chi connectivity index (χ1n) is 11.2. The number of amides is 2. The number of hydrogen-bond donors (Lipinski definition) is 1. The Kier molecular flexibility index (Phi) is 9.67. The van der Waals surface area contributed by atoms with E-state index in [9.17, 15) is 18.0 Å². The lowest BCUT2D eigenvalue weighted by molar-refractivity contribution is -0.141. The molecule has 0 fully saturated rings. The lowest BCUT2D eigenvalue weighted by atomic mass is 10.1. The average molecular weight is 508 g/mol. The Morgan fingerprint density at radius 1 is 1.03 bits per heavy atom. The van der Waals surface area contributed by atoms with Crippen molar-refractivity contribution >= 4 is 33.4 Å². The fraction of sp³-hybridized carbons (Fsp3) is 0.440. The van der Waals surface area contributed by atoms with E-state index in [1.807, 2.05) is 32.9 Å². The van der Waals surface area contributed by atoms with Crippen LogP contribution in [-0.4, -0.2) is 54.6 Å². The first-order valence-corrected chi connectivity index (χ1v) is 13.0. The van der Waals surface area contributed by atoms with Crippen LogP contribution in [0.4, 0.5) is 0 Å². The topological polar surface area (TPSA) is 86.8 Å². The minimum atomic E-state index is -3.63. The van der Waals surface area contributed by atoms with Crippen LogP contribution in [0, 0.1) is 0 Å². The molecule has 0 saturated heterocycles. The maximum Gasteiger partial charge on any atom is 0.242 e. The van der Waals surface area contributed by atoms with E-state index in [-0.39, 0.29) is 36.2 Å². The van der Waals surface area contributed by atoms with Gasteiger partial charge in [-0.15, -0.1) is 0 Å². The molecule has 0 radical (unpaired) electrons. The van der Waals surface area contributed by atoms with Gasteiger partial charge in [0.15, 0.2) is 0 Å². The van der Waals surface area contributed by atoms with E-state index in [0.29, 0.717) is 11.4 Å². The number of benzene rings is 2. The monoisotopic (exact) mass is 507 g/mol. The van der Waals surface area contributed by atoms with Gasteiger partial charge in [0.25, 0.3) is 0 Å². The van der Waals surface area contributed by atoms with E-state index in [2.05, 4.69) is 5.32 Å². The Labute approximate surface area is 208 Å². The second-order valence-electron chi connectivity index (χ2n) is 9.31. The van der Waals surface area contributed by atoms with Crippen LogP contribution in [0.25, 0.3) is 0 Å². The number of carbonyl (C=O) groups excluding carboxylic acids is 2.